The summed E-state index contributed by atoms with van der Waals surface area (Å²) in [5.41, 5.74) is 0.713. The largest absolute Gasteiger partial charge is 0.462 e. The lowest BCUT2D eigenvalue weighted by Crippen LogP contribution is -2.16. The Balaban J connectivity index is 2.17. The Morgan fingerprint density at radius 3 is 2.48 bits per heavy atom. The molecule has 1 aromatic carbocycles. The third-order valence-corrected chi connectivity index (χ3v) is 4.15. The van der Waals surface area contributed by atoms with Crippen LogP contribution in [0.15, 0.2) is 41.6 Å². The van der Waals surface area contributed by atoms with E-state index in [1.807, 2.05) is 0 Å². The molecule has 0 aliphatic heterocycles. The molecular weight excluding hydrogens is 294 g/mol. The SMILES string of the molecule is CCOC(=O)c1ccc(NS(=O)(=O)c2ccnn2C)cc1. The quantitative estimate of drug-likeness (QED) is 0.843. The number of nitrogens with one attached hydrogen (secondary N) is 1. The molecule has 0 unspecified atom stereocenters. The molecule has 1 heterocycles. The van der Waals surface area contributed by atoms with Gasteiger partial charge in [0, 0.05) is 12.7 Å². The number of nitrogens with zero attached hydrogens (tertiary/aromatic N) is 2. The Morgan fingerprint density at radius 2 is 1.95 bits per heavy atom. The molecule has 0 atom stereocenters. The summed E-state index contributed by atoms with van der Waals surface area (Å²) in [5.74, 6) is -0.446. The van der Waals surface area contributed by atoms with Crippen molar-refractivity contribution in [3.05, 3.63) is 42.1 Å². The van der Waals surface area contributed by atoms with E-state index in [1.165, 1.54) is 41.2 Å². The first-order valence-electron chi connectivity index (χ1n) is 6.22. The highest BCUT2D eigenvalue weighted by Gasteiger charge is 2.18. The van der Waals surface area contributed by atoms with E-state index in [1.54, 1.807) is 14.0 Å². The van der Waals surface area contributed by atoms with Crippen LogP contribution in [-0.4, -0.2) is 30.8 Å². The van der Waals surface area contributed by atoms with Crippen LogP contribution in [0.3, 0.4) is 0 Å². The summed E-state index contributed by atoms with van der Waals surface area (Å²) in [7, 11) is -2.17. The minimum Gasteiger partial charge on any atom is -0.462 e. The van der Waals surface area contributed by atoms with E-state index in [9.17, 15) is 13.2 Å². The van der Waals surface area contributed by atoms with Crippen LogP contribution in [0, 0.1) is 0 Å². The Kier molecular flexibility index (Phi) is 4.27. The highest BCUT2D eigenvalue weighted by molar-refractivity contribution is 7.92. The lowest BCUT2D eigenvalue weighted by atomic mass is 10.2. The van der Waals surface area contributed by atoms with Gasteiger partial charge in [0.2, 0.25) is 0 Å². The minimum absolute atomic E-state index is 0.0527. The van der Waals surface area contributed by atoms with Gasteiger partial charge in [-0.05, 0) is 37.3 Å². The number of sulfonamides is 1. The molecule has 2 rings (SSSR count). The predicted molar refractivity (Wildman–Crippen MR) is 76.4 cm³/mol. The first-order chi connectivity index (χ1) is 9.94. The molecule has 8 heteroatoms. The predicted octanol–water partition coefficient (Wildman–Crippen LogP) is 1.40. The molecule has 7 nitrogen and oxygen atoms in total. The lowest BCUT2D eigenvalue weighted by molar-refractivity contribution is 0.0526. The van der Waals surface area contributed by atoms with E-state index in [0.717, 1.165) is 0 Å². The van der Waals surface area contributed by atoms with Crippen molar-refractivity contribution in [2.45, 2.75) is 11.9 Å². The number of ether oxygens (including phenoxy) is 1. The molecule has 1 aromatic heterocycles. The minimum atomic E-state index is -3.71. The number of hydrogen-bond acceptors (Lipinski definition) is 5. The third-order valence-electron chi connectivity index (χ3n) is 2.70. The van der Waals surface area contributed by atoms with Gasteiger partial charge in [0.05, 0.1) is 18.4 Å². The average Bonchev–Trinajstić information content (AvgIpc) is 2.86. The molecule has 0 bridgehead atoms. The van der Waals surface area contributed by atoms with Crippen molar-refractivity contribution < 1.29 is 17.9 Å². The summed E-state index contributed by atoms with van der Waals surface area (Å²) in [4.78, 5) is 11.5. The number of anilines is 1. The van der Waals surface area contributed by atoms with Crippen LogP contribution in [0.2, 0.25) is 0 Å². The van der Waals surface area contributed by atoms with E-state index < -0.39 is 16.0 Å². The summed E-state index contributed by atoms with van der Waals surface area (Å²) >= 11 is 0. The molecule has 0 spiro atoms. The topological polar surface area (TPSA) is 90.3 Å². The monoisotopic (exact) mass is 309 g/mol. The van der Waals surface area contributed by atoms with Crippen molar-refractivity contribution in [1.29, 1.82) is 0 Å². The summed E-state index contributed by atoms with van der Waals surface area (Å²) in [6.45, 7) is 2.00. The Bertz CT molecular complexity index is 735. The molecule has 0 amide bonds. The summed E-state index contributed by atoms with van der Waals surface area (Å²) in [5, 5.41) is 3.87. The van der Waals surface area contributed by atoms with Gasteiger partial charge in [-0.1, -0.05) is 0 Å². The van der Waals surface area contributed by atoms with Gasteiger partial charge in [-0.2, -0.15) is 13.5 Å². The van der Waals surface area contributed by atoms with Crippen molar-refractivity contribution in [2.75, 3.05) is 11.3 Å². The number of benzene rings is 1. The maximum absolute atomic E-state index is 12.1. The van der Waals surface area contributed by atoms with Crippen LogP contribution < -0.4 is 4.72 Å². The van der Waals surface area contributed by atoms with Gasteiger partial charge in [0.1, 0.15) is 0 Å². The van der Waals surface area contributed by atoms with E-state index in [2.05, 4.69) is 9.82 Å². The van der Waals surface area contributed by atoms with Crippen LogP contribution in [0.4, 0.5) is 5.69 Å². The zero-order chi connectivity index (χ0) is 15.5. The zero-order valence-electron chi connectivity index (χ0n) is 11.6. The standard InChI is InChI=1S/C13H15N3O4S/c1-3-20-13(17)10-4-6-11(7-5-10)15-21(18,19)12-8-9-14-16(12)2/h4-9,15H,3H2,1-2H3. The van der Waals surface area contributed by atoms with Gasteiger partial charge in [-0.25, -0.2) is 4.79 Å². The molecular formula is C13H15N3O4S. The summed E-state index contributed by atoms with van der Waals surface area (Å²) < 4.78 is 32.8. The fourth-order valence-electron chi connectivity index (χ4n) is 1.72. The second-order valence-electron chi connectivity index (χ2n) is 4.20. The fourth-order valence-corrected chi connectivity index (χ4v) is 2.91. The van der Waals surface area contributed by atoms with Crippen molar-refractivity contribution in [2.24, 2.45) is 7.05 Å². The van der Waals surface area contributed by atoms with Crippen LogP contribution in [0.1, 0.15) is 17.3 Å². The number of rotatable bonds is 5. The lowest BCUT2D eigenvalue weighted by Gasteiger charge is -2.08. The number of aromatic nitrogens is 2. The zero-order valence-corrected chi connectivity index (χ0v) is 12.4. The van der Waals surface area contributed by atoms with Gasteiger partial charge >= 0.3 is 5.97 Å². The molecule has 0 aliphatic carbocycles. The van der Waals surface area contributed by atoms with Crippen LogP contribution in [-0.2, 0) is 21.8 Å². The maximum Gasteiger partial charge on any atom is 0.338 e. The van der Waals surface area contributed by atoms with Gasteiger partial charge in [-0.3, -0.25) is 9.40 Å². The van der Waals surface area contributed by atoms with Crippen LogP contribution in [0.5, 0.6) is 0 Å². The Labute approximate surface area is 122 Å². The van der Waals surface area contributed by atoms with Gasteiger partial charge in [-0.15, -0.1) is 0 Å². The van der Waals surface area contributed by atoms with E-state index in [4.69, 9.17) is 4.74 Å². The Morgan fingerprint density at radius 1 is 1.29 bits per heavy atom. The first kappa shape index (κ1) is 15.0. The van der Waals surface area contributed by atoms with Crippen molar-refractivity contribution in [3.63, 3.8) is 0 Å². The second kappa shape index (κ2) is 5.96. The molecule has 21 heavy (non-hydrogen) atoms. The highest BCUT2D eigenvalue weighted by Crippen LogP contribution is 2.16. The van der Waals surface area contributed by atoms with Crippen LogP contribution in [0.25, 0.3) is 0 Å². The average molecular weight is 309 g/mol. The smallest absolute Gasteiger partial charge is 0.338 e. The summed E-state index contributed by atoms with van der Waals surface area (Å²) in [6, 6.07) is 7.40. The number of hydrogen-bond donors (Lipinski definition) is 1. The maximum atomic E-state index is 12.1. The molecule has 112 valence electrons. The summed E-state index contributed by atoms with van der Waals surface area (Å²) in [6.07, 6.45) is 1.40. The molecule has 0 radical (unpaired) electrons. The fraction of sp³-hybridized carbons (Fsp3) is 0.231. The third kappa shape index (κ3) is 3.40. The number of aryl methyl sites for hydroxylation is 1. The van der Waals surface area contributed by atoms with Crippen molar-refractivity contribution >= 4 is 21.7 Å². The molecule has 2 aromatic rings. The van der Waals surface area contributed by atoms with E-state index >= 15 is 0 Å². The van der Waals surface area contributed by atoms with Crippen LogP contribution >= 0.6 is 0 Å². The highest BCUT2D eigenvalue weighted by atomic mass is 32.2. The number of carbonyl (C=O) groups excluding carboxylic acids is 1. The van der Waals surface area contributed by atoms with Gasteiger partial charge in [0.25, 0.3) is 10.0 Å². The molecule has 0 saturated heterocycles. The van der Waals surface area contributed by atoms with Gasteiger partial charge in [0.15, 0.2) is 5.03 Å². The number of carbonyl (C=O) groups is 1. The Hall–Kier alpha value is -2.35. The molecule has 0 aliphatic rings. The molecule has 0 saturated carbocycles. The van der Waals surface area contributed by atoms with Gasteiger partial charge < -0.3 is 4.74 Å². The number of esters is 1. The molecule has 1 N–H and O–H groups in total. The normalized spacial score (nSPS) is 11.1. The first-order valence-corrected chi connectivity index (χ1v) is 7.70. The van der Waals surface area contributed by atoms with E-state index in [0.29, 0.717) is 11.3 Å². The van der Waals surface area contributed by atoms with E-state index in [-0.39, 0.29) is 11.6 Å². The van der Waals surface area contributed by atoms with Crippen molar-refractivity contribution in [3.8, 4) is 0 Å². The molecule has 0 fully saturated rings. The second-order valence-corrected chi connectivity index (χ2v) is 5.83. The van der Waals surface area contributed by atoms with Crippen molar-refractivity contribution in [1.82, 2.24) is 9.78 Å².